The standard InChI is InChI=1S/C24H23F2NO3P2S.C5H10O2.C2H6/c1-3-13-29-23(28)22-15-17-14-18(11-12-21(17)33-22)24(25,26)32(31-27-2)30-20-10-6-8-16-7-4-5-9-19(16)20;1-2-3-4-7-5-6;1-2/h3,5-6,8-12,14-15,27,31H,1,4,7,13H2,2H3;5H,2-4H2,1H3;1-2H3. The van der Waals surface area contributed by atoms with E-state index in [1.54, 1.807) is 25.2 Å². The zero-order valence-electron chi connectivity index (χ0n) is 24.5. The Morgan fingerprint density at radius 2 is 2.02 bits per heavy atom. The van der Waals surface area contributed by atoms with Crippen molar-refractivity contribution in [3.05, 3.63) is 82.8 Å². The minimum atomic E-state index is -3.20. The molecule has 2 atom stereocenters. The number of benzene rings is 2. The number of hydrogen-bond acceptors (Lipinski definition) is 7. The SMILES string of the molecule is C=CCOC(=O)c1cc2cc(C(F)(F)P(Oc3cccc4c3C=CCC4)PNC)ccc2s1.CC.CCCCOC=O. The molecule has 4 rings (SSSR count). The topological polar surface area (TPSA) is 73.9 Å². The second kappa shape index (κ2) is 18.8. The van der Waals surface area contributed by atoms with Gasteiger partial charge in [0, 0.05) is 24.2 Å². The van der Waals surface area contributed by atoms with Crippen LogP contribution < -0.4 is 9.61 Å². The lowest BCUT2D eigenvalue weighted by atomic mass is 9.97. The number of esters is 1. The number of fused-ring (bicyclic) bond motifs is 2. The van der Waals surface area contributed by atoms with E-state index in [0.717, 1.165) is 41.5 Å². The number of rotatable bonds is 13. The number of carbonyl (C=O) groups is 2. The van der Waals surface area contributed by atoms with Crippen molar-refractivity contribution in [3.8, 4) is 5.75 Å². The summed E-state index contributed by atoms with van der Waals surface area (Å²) in [4.78, 5) is 22.0. The first-order chi connectivity index (χ1) is 20.3. The van der Waals surface area contributed by atoms with Gasteiger partial charge in [0.1, 0.15) is 17.2 Å². The summed E-state index contributed by atoms with van der Waals surface area (Å²) >= 11 is 1.21. The van der Waals surface area contributed by atoms with Gasteiger partial charge in [0.2, 0.25) is 0 Å². The molecule has 0 saturated heterocycles. The lowest BCUT2D eigenvalue weighted by molar-refractivity contribution is -0.128. The highest BCUT2D eigenvalue weighted by atomic mass is 32.1. The van der Waals surface area contributed by atoms with Crippen molar-refractivity contribution < 1.29 is 32.4 Å². The van der Waals surface area contributed by atoms with Crippen LogP contribution in [-0.4, -0.2) is 32.7 Å². The Labute approximate surface area is 254 Å². The molecule has 0 amide bonds. The molecule has 1 heterocycles. The predicted molar refractivity (Wildman–Crippen MR) is 173 cm³/mol. The van der Waals surface area contributed by atoms with Crippen LogP contribution >= 0.6 is 27.6 Å². The molecule has 1 aliphatic carbocycles. The molecule has 0 aliphatic heterocycles. The summed E-state index contributed by atoms with van der Waals surface area (Å²) in [5, 5.41) is 3.46. The van der Waals surface area contributed by atoms with Crippen LogP contribution in [0.5, 0.6) is 5.75 Å². The fourth-order valence-corrected chi connectivity index (χ4v) is 7.82. The third kappa shape index (κ3) is 9.95. The first-order valence-corrected chi connectivity index (χ1v) is 17.7. The summed E-state index contributed by atoms with van der Waals surface area (Å²) in [6, 6.07) is 11.7. The first-order valence-electron chi connectivity index (χ1n) is 13.8. The lowest BCUT2D eigenvalue weighted by Gasteiger charge is -2.28. The van der Waals surface area contributed by atoms with Crippen LogP contribution in [0.15, 0.2) is 61.2 Å². The summed E-state index contributed by atoms with van der Waals surface area (Å²) in [6.45, 7) is 10.7. The molecule has 6 nitrogen and oxygen atoms in total. The Morgan fingerprint density at radius 1 is 1.24 bits per heavy atom. The van der Waals surface area contributed by atoms with Gasteiger partial charge in [-0.3, -0.25) is 9.88 Å². The second-order valence-corrected chi connectivity index (χ2v) is 13.7. The molecule has 1 aliphatic rings. The number of alkyl halides is 2. The van der Waals surface area contributed by atoms with E-state index in [-0.39, 0.29) is 20.6 Å². The summed E-state index contributed by atoms with van der Waals surface area (Å²) in [6.07, 6.45) is 9.33. The molecule has 0 fully saturated rings. The molecular formula is C31H39F2NO5P2S. The summed E-state index contributed by atoms with van der Waals surface area (Å²) in [5.74, 6) is -0.00517. The van der Waals surface area contributed by atoms with Crippen molar-refractivity contribution in [2.24, 2.45) is 0 Å². The van der Waals surface area contributed by atoms with Crippen molar-refractivity contribution in [1.82, 2.24) is 5.09 Å². The highest BCUT2D eigenvalue weighted by Crippen LogP contribution is 2.69. The number of hydrogen-bond donors (Lipinski definition) is 1. The molecule has 3 aromatic rings. The van der Waals surface area contributed by atoms with Crippen molar-refractivity contribution in [3.63, 3.8) is 0 Å². The van der Waals surface area contributed by atoms with Gasteiger partial charge in [-0.2, -0.15) is 8.78 Å². The summed E-state index contributed by atoms with van der Waals surface area (Å²) in [5.41, 5.74) is -1.34. The fraction of sp³-hybridized carbons (Fsp3) is 0.355. The van der Waals surface area contributed by atoms with E-state index in [0.29, 0.717) is 29.1 Å². The van der Waals surface area contributed by atoms with E-state index in [4.69, 9.17) is 9.26 Å². The Morgan fingerprint density at radius 3 is 2.71 bits per heavy atom. The molecule has 1 aromatic heterocycles. The summed E-state index contributed by atoms with van der Waals surface area (Å²) in [7, 11) is -0.804. The zero-order chi connectivity index (χ0) is 31.0. The average Bonchev–Trinajstić information content (AvgIpc) is 3.45. The monoisotopic (exact) mass is 637 g/mol. The Balaban J connectivity index is 0.000000601. The van der Waals surface area contributed by atoms with Gasteiger partial charge >= 0.3 is 11.6 Å². The third-order valence-corrected chi connectivity index (χ3v) is 10.8. The van der Waals surface area contributed by atoms with Crippen molar-refractivity contribution in [2.75, 3.05) is 20.3 Å². The molecule has 0 radical (unpaired) electrons. The van der Waals surface area contributed by atoms with E-state index in [2.05, 4.69) is 16.4 Å². The van der Waals surface area contributed by atoms with Gasteiger partial charge in [0.05, 0.1) is 6.61 Å². The van der Waals surface area contributed by atoms with Gasteiger partial charge in [-0.1, -0.05) is 70.2 Å². The van der Waals surface area contributed by atoms with E-state index in [9.17, 15) is 9.59 Å². The minimum Gasteiger partial charge on any atom is -0.468 e. The number of carbonyl (C=O) groups excluding carboxylic acids is 2. The molecule has 0 saturated carbocycles. The molecule has 228 valence electrons. The smallest absolute Gasteiger partial charge is 0.348 e. The van der Waals surface area contributed by atoms with E-state index in [1.165, 1.54) is 29.5 Å². The molecule has 2 aromatic carbocycles. The molecular weight excluding hydrogens is 598 g/mol. The minimum absolute atomic E-state index is 0.0986. The maximum Gasteiger partial charge on any atom is 0.348 e. The number of aryl methyl sites for hydroxylation is 1. The zero-order valence-corrected chi connectivity index (χ0v) is 27.2. The second-order valence-electron chi connectivity index (χ2n) is 8.63. The fourth-order valence-electron chi connectivity index (χ4n) is 3.80. The van der Waals surface area contributed by atoms with Gasteiger partial charge in [-0.25, -0.2) is 4.79 Å². The molecule has 11 heteroatoms. The molecule has 0 bridgehead atoms. The van der Waals surface area contributed by atoms with Crippen molar-refractivity contribution >= 4 is 56.2 Å². The number of ether oxygens (including phenoxy) is 2. The molecule has 1 N–H and O–H groups in total. The van der Waals surface area contributed by atoms with Crippen molar-refractivity contribution in [1.29, 1.82) is 0 Å². The quantitative estimate of drug-likeness (QED) is 0.0662. The number of thiophene rings is 1. The van der Waals surface area contributed by atoms with Gasteiger partial charge < -0.3 is 14.0 Å². The van der Waals surface area contributed by atoms with Gasteiger partial charge in [0.25, 0.3) is 6.47 Å². The van der Waals surface area contributed by atoms with E-state index >= 15 is 8.78 Å². The van der Waals surface area contributed by atoms with E-state index < -0.39 is 19.5 Å². The maximum absolute atomic E-state index is 15.7. The molecule has 42 heavy (non-hydrogen) atoms. The number of nitrogens with one attached hydrogen (secondary N) is 1. The first kappa shape index (κ1) is 35.5. The van der Waals surface area contributed by atoms with E-state index in [1.807, 2.05) is 45.1 Å². The Bertz CT molecular complexity index is 1330. The van der Waals surface area contributed by atoms with Crippen LogP contribution in [0.4, 0.5) is 8.78 Å². The van der Waals surface area contributed by atoms with Crippen LogP contribution in [-0.2, 0) is 26.4 Å². The van der Waals surface area contributed by atoms with Crippen molar-refractivity contribution in [2.45, 2.75) is 52.1 Å². The van der Waals surface area contributed by atoms with Crippen LogP contribution in [0.1, 0.15) is 66.4 Å². The normalized spacial score (nSPS) is 12.8. The van der Waals surface area contributed by atoms with Crippen LogP contribution in [0.3, 0.4) is 0 Å². The largest absolute Gasteiger partial charge is 0.468 e. The average molecular weight is 638 g/mol. The van der Waals surface area contributed by atoms with Gasteiger partial charge in [-0.05, 0) is 61.5 Å². The van der Waals surface area contributed by atoms with Crippen LogP contribution in [0.25, 0.3) is 16.2 Å². The Hall–Kier alpha value is -2.70. The van der Waals surface area contributed by atoms with Crippen LogP contribution in [0, 0.1) is 0 Å². The summed E-state index contributed by atoms with van der Waals surface area (Å²) < 4.78 is 47.7. The maximum atomic E-state index is 15.7. The highest BCUT2D eigenvalue weighted by molar-refractivity contribution is 8.18. The molecule has 2 unspecified atom stereocenters. The predicted octanol–water partition coefficient (Wildman–Crippen LogP) is 9.44. The number of halogens is 2. The highest BCUT2D eigenvalue weighted by Gasteiger charge is 2.45. The number of unbranched alkanes of at least 4 members (excludes halogenated alkanes) is 1. The third-order valence-electron chi connectivity index (χ3n) is 5.76. The van der Waals surface area contributed by atoms with Gasteiger partial charge in [0.15, 0.2) is 7.84 Å². The van der Waals surface area contributed by atoms with Crippen LogP contribution in [0.2, 0.25) is 0 Å². The lowest BCUT2D eigenvalue weighted by Crippen LogP contribution is -2.14. The number of allylic oxidation sites excluding steroid dienone is 1. The van der Waals surface area contributed by atoms with Gasteiger partial charge in [-0.15, -0.1) is 11.3 Å². The Kier molecular flexibility index (Phi) is 15.9. The molecule has 0 spiro atoms.